The number of hydrogen-bond acceptors (Lipinski definition) is 3. The Labute approximate surface area is 113 Å². The summed E-state index contributed by atoms with van der Waals surface area (Å²) < 4.78 is 0. The Morgan fingerprint density at radius 1 is 1.37 bits per heavy atom. The van der Waals surface area contributed by atoms with Gasteiger partial charge in [-0.2, -0.15) is 0 Å². The zero-order chi connectivity index (χ0) is 14.2. The average molecular weight is 261 g/mol. The normalized spacial score (nSPS) is 22.3. The fourth-order valence-corrected chi connectivity index (χ4v) is 2.25. The quantitative estimate of drug-likeness (QED) is 0.864. The van der Waals surface area contributed by atoms with E-state index in [0.717, 1.165) is 11.1 Å². The Hall–Kier alpha value is -1.91. The van der Waals surface area contributed by atoms with Crippen molar-refractivity contribution in [1.82, 2.24) is 15.2 Å². The summed E-state index contributed by atoms with van der Waals surface area (Å²) in [5, 5.41) is 2.74. The van der Waals surface area contributed by atoms with Crippen molar-refractivity contribution in [2.45, 2.75) is 45.8 Å². The summed E-state index contributed by atoms with van der Waals surface area (Å²) in [6, 6.07) is 1.52. The highest BCUT2D eigenvalue weighted by Crippen LogP contribution is 2.20. The summed E-state index contributed by atoms with van der Waals surface area (Å²) in [5.74, 6) is -0.189. The Morgan fingerprint density at radius 3 is 2.68 bits per heavy atom. The second-order valence-electron chi connectivity index (χ2n) is 5.59. The van der Waals surface area contributed by atoms with Crippen LogP contribution in [0.15, 0.2) is 18.5 Å². The highest BCUT2D eigenvalue weighted by molar-refractivity contribution is 5.99. The summed E-state index contributed by atoms with van der Waals surface area (Å²) in [6.07, 6.45) is 3.49. The van der Waals surface area contributed by atoms with Crippen LogP contribution in [0.25, 0.3) is 0 Å². The molecule has 102 valence electrons. The van der Waals surface area contributed by atoms with Crippen LogP contribution in [-0.4, -0.2) is 33.3 Å². The van der Waals surface area contributed by atoms with Crippen molar-refractivity contribution in [2.24, 2.45) is 0 Å². The van der Waals surface area contributed by atoms with Gasteiger partial charge in [-0.25, -0.2) is 0 Å². The highest BCUT2D eigenvalue weighted by Gasteiger charge is 2.43. The van der Waals surface area contributed by atoms with Crippen molar-refractivity contribution in [3.05, 3.63) is 29.6 Å². The molecule has 0 aromatic carbocycles. The SMILES string of the molecule is Cc1cncc(CN2C(=O)C(C)(C)NC(=O)C2C)c1. The number of piperazine rings is 1. The molecule has 1 aromatic heterocycles. The van der Waals surface area contributed by atoms with Gasteiger partial charge in [0, 0.05) is 18.9 Å². The van der Waals surface area contributed by atoms with Gasteiger partial charge in [-0.3, -0.25) is 14.6 Å². The van der Waals surface area contributed by atoms with Crippen molar-refractivity contribution in [1.29, 1.82) is 0 Å². The number of pyridine rings is 1. The molecule has 5 heteroatoms. The maximum absolute atomic E-state index is 12.4. The maximum atomic E-state index is 12.4. The van der Waals surface area contributed by atoms with Gasteiger partial charge in [-0.05, 0) is 38.8 Å². The lowest BCUT2D eigenvalue weighted by molar-refractivity contribution is -0.153. The molecule has 1 unspecified atom stereocenters. The molecular formula is C14H19N3O2. The third-order valence-corrected chi connectivity index (χ3v) is 3.36. The molecule has 1 aliphatic rings. The van der Waals surface area contributed by atoms with Crippen LogP contribution in [0.4, 0.5) is 0 Å². The molecule has 0 saturated carbocycles. The van der Waals surface area contributed by atoms with Crippen LogP contribution in [0.2, 0.25) is 0 Å². The summed E-state index contributed by atoms with van der Waals surface area (Å²) >= 11 is 0. The minimum atomic E-state index is -0.846. The van der Waals surface area contributed by atoms with Gasteiger partial charge in [0.2, 0.25) is 11.8 Å². The number of nitrogens with zero attached hydrogens (tertiary/aromatic N) is 2. The van der Waals surface area contributed by atoms with E-state index in [-0.39, 0.29) is 11.8 Å². The largest absolute Gasteiger partial charge is 0.340 e. The minimum absolute atomic E-state index is 0.0684. The second kappa shape index (κ2) is 4.64. The number of nitrogens with one attached hydrogen (secondary N) is 1. The molecule has 0 radical (unpaired) electrons. The lowest BCUT2D eigenvalue weighted by Crippen LogP contribution is -2.66. The molecule has 19 heavy (non-hydrogen) atoms. The van der Waals surface area contributed by atoms with Crippen molar-refractivity contribution >= 4 is 11.8 Å². The van der Waals surface area contributed by atoms with Crippen molar-refractivity contribution < 1.29 is 9.59 Å². The molecule has 5 nitrogen and oxygen atoms in total. The van der Waals surface area contributed by atoms with Gasteiger partial charge in [-0.1, -0.05) is 6.07 Å². The molecule has 1 saturated heterocycles. The number of amides is 2. The molecule has 1 aromatic rings. The van der Waals surface area contributed by atoms with Crippen molar-refractivity contribution in [2.75, 3.05) is 0 Å². The molecule has 2 heterocycles. The van der Waals surface area contributed by atoms with E-state index in [1.807, 2.05) is 13.0 Å². The van der Waals surface area contributed by atoms with E-state index in [1.54, 1.807) is 38.1 Å². The lowest BCUT2D eigenvalue weighted by atomic mass is 9.97. The molecule has 1 N–H and O–H groups in total. The smallest absolute Gasteiger partial charge is 0.248 e. The van der Waals surface area contributed by atoms with Gasteiger partial charge < -0.3 is 10.2 Å². The Balaban J connectivity index is 2.26. The van der Waals surface area contributed by atoms with Crippen LogP contribution in [0.5, 0.6) is 0 Å². The summed E-state index contributed by atoms with van der Waals surface area (Å²) in [6.45, 7) is 7.55. The summed E-state index contributed by atoms with van der Waals surface area (Å²) in [4.78, 5) is 30.0. The molecule has 2 rings (SSSR count). The predicted molar refractivity (Wildman–Crippen MR) is 71.2 cm³/mol. The number of carbonyl (C=O) groups excluding carboxylic acids is 2. The van der Waals surface area contributed by atoms with Crippen LogP contribution in [0, 0.1) is 6.92 Å². The molecule has 0 aliphatic carbocycles. The fraction of sp³-hybridized carbons (Fsp3) is 0.500. The first kappa shape index (κ1) is 13.5. The fourth-order valence-electron chi connectivity index (χ4n) is 2.25. The molecule has 2 amide bonds. The van der Waals surface area contributed by atoms with Crippen LogP contribution in [0.3, 0.4) is 0 Å². The Morgan fingerprint density at radius 2 is 2.05 bits per heavy atom. The number of aromatic nitrogens is 1. The first-order valence-corrected chi connectivity index (χ1v) is 6.35. The first-order valence-electron chi connectivity index (χ1n) is 6.35. The second-order valence-corrected chi connectivity index (χ2v) is 5.59. The van der Waals surface area contributed by atoms with Crippen LogP contribution < -0.4 is 5.32 Å². The first-order chi connectivity index (χ1) is 8.81. The number of aryl methyl sites for hydroxylation is 1. The molecule has 1 atom stereocenters. The monoisotopic (exact) mass is 261 g/mol. The highest BCUT2D eigenvalue weighted by atomic mass is 16.2. The van der Waals surface area contributed by atoms with Crippen LogP contribution in [0.1, 0.15) is 31.9 Å². The van der Waals surface area contributed by atoms with Gasteiger partial charge in [0.05, 0.1) is 0 Å². The van der Waals surface area contributed by atoms with E-state index in [9.17, 15) is 9.59 Å². The molecule has 0 bridgehead atoms. The van der Waals surface area contributed by atoms with E-state index >= 15 is 0 Å². The third kappa shape index (κ3) is 2.59. The van der Waals surface area contributed by atoms with Gasteiger partial charge in [0.15, 0.2) is 0 Å². The van der Waals surface area contributed by atoms with Gasteiger partial charge >= 0.3 is 0 Å². The van der Waals surface area contributed by atoms with Crippen molar-refractivity contribution in [3.8, 4) is 0 Å². The molecule has 1 aliphatic heterocycles. The van der Waals surface area contributed by atoms with Gasteiger partial charge in [0.25, 0.3) is 0 Å². The zero-order valence-electron chi connectivity index (χ0n) is 11.7. The number of hydrogen-bond donors (Lipinski definition) is 1. The summed E-state index contributed by atoms with van der Waals surface area (Å²) in [5.41, 5.74) is 1.13. The van der Waals surface area contributed by atoms with Gasteiger partial charge in [-0.15, -0.1) is 0 Å². The van der Waals surface area contributed by atoms with Gasteiger partial charge in [0.1, 0.15) is 11.6 Å². The topological polar surface area (TPSA) is 62.3 Å². The van der Waals surface area contributed by atoms with Crippen LogP contribution in [-0.2, 0) is 16.1 Å². The van der Waals surface area contributed by atoms with Crippen LogP contribution >= 0.6 is 0 Å². The Bertz CT molecular complexity index is 525. The molecule has 1 fully saturated rings. The van der Waals surface area contributed by atoms with E-state index in [4.69, 9.17) is 0 Å². The zero-order valence-corrected chi connectivity index (χ0v) is 11.7. The lowest BCUT2D eigenvalue weighted by Gasteiger charge is -2.41. The van der Waals surface area contributed by atoms with Crippen molar-refractivity contribution in [3.63, 3.8) is 0 Å². The van der Waals surface area contributed by atoms with E-state index in [1.165, 1.54) is 0 Å². The van der Waals surface area contributed by atoms with E-state index < -0.39 is 11.6 Å². The number of rotatable bonds is 2. The Kier molecular flexibility index (Phi) is 3.30. The maximum Gasteiger partial charge on any atom is 0.248 e. The van der Waals surface area contributed by atoms with E-state index in [2.05, 4.69) is 10.3 Å². The third-order valence-electron chi connectivity index (χ3n) is 3.36. The standard InChI is InChI=1S/C14H19N3O2/c1-9-5-11(7-15-6-9)8-17-10(2)12(18)16-14(3,4)13(17)19/h5-7,10H,8H2,1-4H3,(H,16,18). The number of carbonyl (C=O) groups is 2. The predicted octanol–water partition coefficient (Wildman–Crippen LogP) is 1.02. The van der Waals surface area contributed by atoms with E-state index in [0.29, 0.717) is 6.54 Å². The minimum Gasteiger partial charge on any atom is -0.340 e. The molecule has 0 spiro atoms. The summed E-state index contributed by atoms with van der Waals surface area (Å²) in [7, 11) is 0. The molecular weight excluding hydrogens is 242 g/mol. The average Bonchev–Trinajstić information content (AvgIpc) is 2.32.